The van der Waals surface area contributed by atoms with Crippen molar-refractivity contribution in [1.29, 1.82) is 0 Å². The molecular formula is C26H29F4N5O4S2. The molecule has 1 unspecified atom stereocenters. The van der Waals surface area contributed by atoms with Crippen LogP contribution in [-0.2, 0) is 44.8 Å². The molecule has 9 nitrogen and oxygen atoms in total. The number of hydrogen-bond donors (Lipinski definition) is 1. The van der Waals surface area contributed by atoms with E-state index in [4.69, 9.17) is 5.14 Å². The molecule has 0 radical (unpaired) electrons. The second-order valence-corrected chi connectivity index (χ2v) is 13.0. The molecule has 222 valence electrons. The third-order valence-corrected chi connectivity index (χ3v) is 9.44. The summed E-state index contributed by atoms with van der Waals surface area (Å²) in [4.78, 5) is 15.4. The zero-order valence-electron chi connectivity index (χ0n) is 22.1. The summed E-state index contributed by atoms with van der Waals surface area (Å²) in [6.45, 7) is 2.57. The van der Waals surface area contributed by atoms with Crippen LogP contribution in [0.25, 0.3) is 0 Å². The van der Waals surface area contributed by atoms with E-state index >= 15 is 0 Å². The summed E-state index contributed by atoms with van der Waals surface area (Å²) in [5.74, 6) is -0.941. The highest BCUT2D eigenvalue weighted by atomic mass is 32.2. The number of carbonyl (C=O) groups excluding carboxylic acids is 1. The number of hydrogen-bond acceptors (Lipinski definition) is 6. The molecule has 1 fully saturated rings. The third-order valence-electron chi connectivity index (χ3n) is 6.94. The Hall–Kier alpha value is -3.17. The molecule has 4 rings (SSSR count). The molecule has 1 atom stereocenters. The maximum Gasteiger partial charge on any atom is 0.416 e. The van der Waals surface area contributed by atoms with Crippen LogP contribution in [0.4, 0.5) is 17.6 Å². The predicted molar refractivity (Wildman–Crippen MR) is 142 cm³/mol. The molecule has 1 aromatic heterocycles. The second kappa shape index (κ2) is 12.4. The summed E-state index contributed by atoms with van der Waals surface area (Å²) in [7, 11) is -5.79. The first-order valence-electron chi connectivity index (χ1n) is 12.7. The summed E-state index contributed by atoms with van der Waals surface area (Å²) in [6, 6.07) is 6.47. The van der Waals surface area contributed by atoms with Gasteiger partial charge in [0.15, 0.2) is 0 Å². The number of carbonyl (C=O) groups is 1. The van der Waals surface area contributed by atoms with Crippen LogP contribution in [0.15, 0.2) is 52.4 Å². The normalized spacial score (nSPS) is 15.7. The second-order valence-electron chi connectivity index (χ2n) is 9.97. The molecule has 2 heterocycles. The van der Waals surface area contributed by atoms with Crippen LogP contribution >= 0.6 is 0 Å². The lowest BCUT2D eigenvalue weighted by Crippen LogP contribution is -2.39. The number of sulfonamides is 1. The smallest absolute Gasteiger partial charge is 0.343 e. The van der Waals surface area contributed by atoms with Crippen LogP contribution in [-0.4, -0.2) is 57.3 Å². The Bertz CT molecular complexity index is 1550. The number of aromatic nitrogens is 3. The Morgan fingerprint density at radius 3 is 2.41 bits per heavy atom. The molecule has 1 saturated heterocycles. The summed E-state index contributed by atoms with van der Waals surface area (Å²) in [5, 5.41) is 13.2. The van der Waals surface area contributed by atoms with E-state index in [0.717, 1.165) is 30.3 Å². The van der Waals surface area contributed by atoms with E-state index in [1.54, 1.807) is 11.8 Å². The van der Waals surface area contributed by atoms with Gasteiger partial charge >= 0.3 is 6.18 Å². The van der Waals surface area contributed by atoms with Crippen LogP contribution in [0.2, 0.25) is 0 Å². The molecular weight excluding hydrogens is 586 g/mol. The quantitative estimate of drug-likeness (QED) is 0.368. The van der Waals surface area contributed by atoms with E-state index in [2.05, 4.69) is 10.2 Å². The average molecular weight is 616 g/mol. The lowest BCUT2D eigenvalue weighted by Gasteiger charge is -2.32. The summed E-state index contributed by atoms with van der Waals surface area (Å²) >= 11 is 0. The number of rotatable bonds is 9. The number of alkyl halides is 3. The van der Waals surface area contributed by atoms with Gasteiger partial charge in [0.25, 0.3) is 0 Å². The van der Waals surface area contributed by atoms with Gasteiger partial charge in [-0.1, -0.05) is 6.07 Å². The monoisotopic (exact) mass is 615 g/mol. The number of nitrogens with zero attached hydrogens (tertiary/aromatic N) is 4. The molecule has 41 heavy (non-hydrogen) atoms. The highest BCUT2D eigenvalue weighted by Crippen LogP contribution is 2.31. The number of primary sulfonamides is 1. The van der Waals surface area contributed by atoms with Gasteiger partial charge in [-0.3, -0.25) is 9.00 Å². The highest BCUT2D eigenvalue weighted by Gasteiger charge is 2.31. The molecule has 0 saturated carbocycles. The van der Waals surface area contributed by atoms with E-state index in [1.807, 2.05) is 0 Å². The Kier molecular flexibility index (Phi) is 9.29. The van der Waals surface area contributed by atoms with Crippen molar-refractivity contribution in [3.63, 3.8) is 0 Å². The summed E-state index contributed by atoms with van der Waals surface area (Å²) < 4.78 is 89.9. The van der Waals surface area contributed by atoms with E-state index in [0.29, 0.717) is 42.8 Å². The number of aryl methyl sites for hydroxylation is 2. The van der Waals surface area contributed by atoms with Gasteiger partial charge in [-0.25, -0.2) is 17.9 Å². The largest absolute Gasteiger partial charge is 0.416 e. The van der Waals surface area contributed by atoms with Gasteiger partial charge in [-0.05, 0) is 73.6 Å². The maximum absolute atomic E-state index is 14.4. The molecule has 1 amide bonds. The Labute approximate surface area is 237 Å². The van der Waals surface area contributed by atoms with Crippen molar-refractivity contribution in [2.75, 3.05) is 18.8 Å². The van der Waals surface area contributed by atoms with Crippen molar-refractivity contribution in [3.8, 4) is 0 Å². The molecule has 3 aromatic rings. The number of halogens is 4. The van der Waals surface area contributed by atoms with E-state index in [-0.39, 0.29) is 41.9 Å². The van der Waals surface area contributed by atoms with Crippen LogP contribution in [0.3, 0.4) is 0 Å². The van der Waals surface area contributed by atoms with Gasteiger partial charge in [-0.15, -0.1) is 0 Å². The zero-order valence-corrected chi connectivity index (χ0v) is 23.7. The van der Waals surface area contributed by atoms with Gasteiger partial charge in [0.1, 0.15) is 5.82 Å². The summed E-state index contributed by atoms with van der Waals surface area (Å²) in [5.41, 5.74) is 0.827. The van der Waals surface area contributed by atoms with Gasteiger partial charge < -0.3 is 4.90 Å². The van der Waals surface area contributed by atoms with E-state index in [9.17, 15) is 35.0 Å². The minimum Gasteiger partial charge on any atom is -0.343 e. The number of likely N-dealkylation sites (tertiary alicyclic amines) is 1. The fourth-order valence-electron chi connectivity index (χ4n) is 4.70. The van der Waals surface area contributed by atoms with Gasteiger partial charge in [0.05, 0.1) is 44.6 Å². The highest BCUT2D eigenvalue weighted by molar-refractivity contribution is 7.89. The molecule has 15 heteroatoms. The Morgan fingerprint density at radius 1 is 1.12 bits per heavy atom. The summed E-state index contributed by atoms with van der Waals surface area (Å²) in [6.07, 6.45) is -1.57. The van der Waals surface area contributed by atoms with Crippen molar-refractivity contribution in [1.82, 2.24) is 19.9 Å². The molecule has 2 aromatic carbocycles. The molecule has 0 aliphatic carbocycles. The molecule has 1 aliphatic heterocycles. The fourth-order valence-corrected chi connectivity index (χ4v) is 6.66. The lowest BCUT2D eigenvalue weighted by molar-refractivity contribution is -0.137. The van der Waals surface area contributed by atoms with Crippen LogP contribution in [0.1, 0.15) is 41.6 Å². The first-order valence-corrected chi connectivity index (χ1v) is 15.6. The van der Waals surface area contributed by atoms with Crippen molar-refractivity contribution < 1.29 is 35.0 Å². The van der Waals surface area contributed by atoms with Crippen LogP contribution < -0.4 is 5.14 Å². The Balaban J connectivity index is 1.33. The zero-order chi connectivity index (χ0) is 29.9. The molecule has 1 aliphatic rings. The van der Waals surface area contributed by atoms with Gasteiger partial charge in [0.2, 0.25) is 15.9 Å². The maximum atomic E-state index is 14.4. The third kappa shape index (κ3) is 7.98. The van der Waals surface area contributed by atoms with E-state index < -0.39 is 43.3 Å². The topological polar surface area (TPSA) is 128 Å². The molecule has 0 bridgehead atoms. The molecule has 0 spiro atoms. The number of nitrogens with two attached hydrogens (primary N) is 1. The lowest BCUT2D eigenvalue weighted by atomic mass is 9.97. The van der Waals surface area contributed by atoms with Gasteiger partial charge in [-0.2, -0.15) is 28.2 Å². The van der Waals surface area contributed by atoms with Crippen LogP contribution in [0.5, 0.6) is 0 Å². The van der Waals surface area contributed by atoms with E-state index in [1.165, 1.54) is 17.1 Å². The SMILES string of the molecule is Cc1cnn(Cc2cc(C(F)(F)F)ccc2CCC(=O)N2CCC(CS(=O)c3ccc(S(N)(=O)=O)cc3F)CC2)n1. The first kappa shape index (κ1) is 30.8. The van der Waals surface area contributed by atoms with Gasteiger partial charge in [0, 0.05) is 25.3 Å². The van der Waals surface area contributed by atoms with Crippen molar-refractivity contribution >= 4 is 26.7 Å². The standard InChI is InChI=1S/C26H29F4N5O4S2/c1-17-14-32-35(33-17)15-20-12-21(26(28,29)30)4-2-19(20)3-7-25(36)34-10-8-18(9-11-34)16-40(37)24-6-5-22(13-23(24)27)41(31,38)39/h2,4-6,12-14,18H,3,7-11,15-16H2,1H3,(H2,31,38,39). The average Bonchev–Trinajstić information content (AvgIpc) is 3.31. The predicted octanol–water partition coefficient (Wildman–Crippen LogP) is 3.42. The fraction of sp³-hybridized carbons (Fsp3) is 0.423. The van der Waals surface area contributed by atoms with Crippen molar-refractivity contribution in [2.45, 2.75) is 55.1 Å². The number of piperidine rings is 1. The number of benzene rings is 2. The Morgan fingerprint density at radius 2 is 1.83 bits per heavy atom. The minimum atomic E-state index is -4.51. The number of amides is 1. The van der Waals surface area contributed by atoms with Crippen molar-refractivity contribution in [3.05, 3.63) is 70.8 Å². The first-order chi connectivity index (χ1) is 19.2. The molecule has 2 N–H and O–H groups in total. The van der Waals surface area contributed by atoms with Crippen LogP contribution in [0, 0.1) is 18.7 Å². The van der Waals surface area contributed by atoms with Crippen molar-refractivity contribution in [2.24, 2.45) is 11.1 Å². The minimum absolute atomic E-state index is 0.0369.